The van der Waals surface area contributed by atoms with E-state index in [0.717, 1.165) is 11.3 Å². The van der Waals surface area contributed by atoms with Gasteiger partial charge in [-0.1, -0.05) is 32.9 Å². The number of hydrogen-bond acceptors (Lipinski definition) is 4. The van der Waals surface area contributed by atoms with Gasteiger partial charge in [-0.2, -0.15) is 0 Å². The fraction of sp³-hybridized carbons (Fsp3) is 0.368. The predicted molar refractivity (Wildman–Crippen MR) is 98.9 cm³/mol. The summed E-state index contributed by atoms with van der Waals surface area (Å²) >= 11 is 1.28. The topological polar surface area (TPSA) is 59.2 Å². The Morgan fingerprint density at radius 3 is 2.62 bits per heavy atom. The zero-order valence-corrected chi connectivity index (χ0v) is 15.5. The van der Waals surface area contributed by atoms with Gasteiger partial charge in [-0.25, -0.2) is 0 Å². The van der Waals surface area contributed by atoms with Gasteiger partial charge < -0.3 is 9.72 Å². The summed E-state index contributed by atoms with van der Waals surface area (Å²) in [7, 11) is 0. The maximum Gasteiger partial charge on any atom is 0.266 e. The van der Waals surface area contributed by atoms with Gasteiger partial charge in [0.15, 0.2) is 5.78 Å². The third-order valence-corrected chi connectivity index (χ3v) is 4.17. The lowest BCUT2D eigenvalue weighted by Gasteiger charge is -2.12. The number of nitrogens with one attached hydrogen (secondary N) is 1. The first-order valence-corrected chi connectivity index (χ1v) is 8.70. The van der Waals surface area contributed by atoms with E-state index >= 15 is 0 Å². The van der Waals surface area contributed by atoms with Crippen molar-refractivity contribution in [3.63, 3.8) is 0 Å². The highest BCUT2D eigenvalue weighted by atomic mass is 32.1. The maximum atomic E-state index is 12.1. The van der Waals surface area contributed by atoms with Gasteiger partial charge in [0, 0.05) is 11.5 Å². The summed E-state index contributed by atoms with van der Waals surface area (Å²) in [4.78, 5) is 26.9. The summed E-state index contributed by atoms with van der Waals surface area (Å²) in [5, 5.41) is 0. The molecule has 0 aliphatic heterocycles. The van der Waals surface area contributed by atoms with E-state index in [1.807, 2.05) is 58.9 Å². The molecule has 2 rings (SSSR count). The molecular weight excluding hydrogens is 322 g/mol. The molecule has 0 spiro atoms. The molecule has 128 valence electrons. The summed E-state index contributed by atoms with van der Waals surface area (Å²) in [6.45, 7) is 9.49. The third kappa shape index (κ3) is 4.93. The molecule has 0 bridgehead atoms. The molecule has 0 atom stereocenters. The van der Waals surface area contributed by atoms with Gasteiger partial charge in [0.05, 0.1) is 15.3 Å². The lowest BCUT2D eigenvalue weighted by atomic mass is 9.91. The van der Waals surface area contributed by atoms with Crippen molar-refractivity contribution in [1.29, 1.82) is 0 Å². The second kappa shape index (κ2) is 7.18. The fourth-order valence-corrected chi connectivity index (χ4v) is 2.85. The standard InChI is InChI=1S/C19H23NO3S/c1-12(2)23-14-8-6-7-13(9-14)10-15-18(22)20-17(24-15)11-16(21)19(3,4)5/h6-12H,1-5H3,(H,20,22)/b15-10-,17-11+. The Kier molecular flexibility index (Phi) is 5.44. The first-order chi connectivity index (χ1) is 11.1. The van der Waals surface area contributed by atoms with E-state index in [2.05, 4.69) is 4.98 Å². The molecule has 0 radical (unpaired) electrons. The SMILES string of the molecule is CC(C)Oc1cccc(/C=c2\s/c(=C/C(=O)C(C)(C)C)[nH]c2=O)c1. The Hall–Kier alpha value is -2.14. The van der Waals surface area contributed by atoms with Crippen LogP contribution >= 0.6 is 11.3 Å². The molecular formula is C19H23NO3S. The van der Waals surface area contributed by atoms with Gasteiger partial charge in [-0.3, -0.25) is 9.59 Å². The molecule has 1 aromatic carbocycles. The smallest absolute Gasteiger partial charge is 0.266 e. The summed E-state index contributed by atoms with van der Waals surface area (Å²) in [5.74, 6) is 0.750. The van der Waals surface area contributed by atoms with Crippen molar-refractivity contribution in [2.24, 2.45) is 5.41 Å². The van der Waals surface area contributed by atoms with Crippen molar-refractivity contribution < 1.29 is 9.53 Å². The van der Waals surface area contributed by atoms with E-state index in [4.69, 9.17) is 4.74 Å². The van der Waals surface area contributed by atoms with Crippen LogP contribution in [-0.2, 0) is 4.79 Å². The second-order valence-corrected chi connectivity index (χ2v) is 8.01. The van der Waals surface area contributed by atoms with Crippen molar-refractivity contribution in [2.75, 3.05) is 0 Å². The van der Waals surface area contributed by atoms with Crippen molar-refractivity contribution in [3.8, 4) is 5.75 Å². The Morgan fingerprint density at radius 1 is 1.29 bits per heavy atom. The van der Waals surface area contributed by atoms with Crippen LogP contribution in [0.4, 0.5) is 0 Å². The zero-order valence-electron chi connectivity index (χ0n) is 14.7. The van der Waals surface area contributed by atoms with Crippen LogP contribution in [0.1, 0.15) is 40.2 Å². The molecule has 24 heavy (non-hydrogen) atoms. The second-order valence-electron chi connectivity index (χ2n) is 6.93. The van der Waals surface area contributed by atoms with E-state index in [9.17, 15) is 9.59 Å². The number of benzene rings is 1. The van der Waals surface area contributed by atoms with E-state index in [0.29, 0.717) is 9.20 Å². The van der Waals surface area contributed by atoms with Crippen molar-refractivity contribution in [3.05, 3.63) is 49.4 Å². The number of ketones is 1. The monoisotopic (exact) mass is 345 g/mol. The largest absolute Gasteiger partial charge is 0.491 e. The highest BCUT2D eigenvalue weighted by Gasteiger charge is 2.18. The first kappa shape index (κ1) is 18.2. The number of carbonyl (C=O) groups excluding carboxylic acids is 1. The molecule has 1 heterocycles. The van der Waals surface area contributed by atoms with Gasteiger partial charge in [0.1, 0.15) is 5.75 Å². The van der Waals surface area contributed by atoms with E-state index in [1.165, 1.54) is 17.4 Å². The molecule has 0 aliphatic carbocycles. The van der Waals surface area contributed by atoms with Crippen molar-refractivity contribution >= 4 is 29.3 Å². The minimum atomic E-state index is -0.465. The summed E-state index contributed by atoms with van der Waals surface area (Å²) in [5.41, 5.74) is 0.227. The number of rotatable bonds is 4. The average molecular weight is 345 g/mol. The van der Waals surface area contributed by atoms with Crippen LogP contribution < -0.4 is 19.5 Å². The molecule has 0 saturated carbocycles. The van der Waals surface area contributed by atoms with Crippen LogP contribution in [0.2, 0.25) is 0 Å². The lowest BCUT2D eigenvalue weighted by Crippen LogP contribution is -2.22. The molecule has 4 nitrogen and oxygen atoms in total. The number of Topliss-reactive ketones (excluding diaryl/α,β-unsaturated/α-hetero) is 1. The van der Waals surface area contributed by atoms with Gasteiger partial charge in [0.2, 0.25) is 0 Å². The predicted octanol–water partition coefficient (Wildman–Crippen LogP) is 2.45. The van der Waals surface area contributed by atoms with E-state index in [-0.39, 0.29) is 17.4 Å². The van der Waals surface area contributed by atoms with E-state index < -0.39 is 5.41 Å². The minimum Gasteiger partial charge on any atom is -0.491 e. The van der Waals surface area contributed by atoms with Crippen LogP contribution in [0.5, 0.6) is 5.75 Å². The zero-order chi connectivity index (χ0) is 17.9. The van der Waals surface area contributed by atoms with Gasteiger partial charge >= 0.3 is 0 Å². The summed E-state index contributed by atoms with van der Waals surface area (Å²) in [6.07, 6.45) is 3.40. The molecule has 1 N–H and O–H groups in total. The molecule has 5 heteroatoms. The normalized spacial score (nSPS) is 13.6. The molecule has 2 aromatic rings. The number of hydrogen-bond donors (Lipinski definition) is 1. The van der Waals surface area contributed by atoms with Gasteiger partial charge in [-0.05, 0) is 37.6 Å². The first-order valence-electron chi connectivity index (χ1n) is 7.89. The minimum absolute atomic E-state index is 0.0149. The fourth-order valence-electron chi connectivity index (χ4n) is 1.96. The van der Waals surface area contributed by atoms with Crippen LogP contribution in [0.25, 0.3) is 12.2 Å². The molecule has 0 aliphatic rings. The number of ether oxygens (including phenoxy) is 1. The number of aromatic amines is 1. The third-order valence-electron chi connectivity index (χ3n) is 3.21. The molecule has 0 saturated heterocycles. The highest BCUT2D eigenvalue weighted by Crippen LogP contribution is 2.16. The van der Waals surface area contributed by atoms with Crippen molar-refractivity contribution in [1.82, 2.24) is 4.98 Å². The van der Waals surface area contributed by atoms with Gasteiger partial charge in [0.25, 0.3) is 5.56 Å². The average Bonchev–Trinajstić information content (AvgIpc) is 2.77. The summed E-state index contributed by atoms with van der Waals surface area (Å²) < 4.78 is 6.79. The summed E-state index contributed by atoms with van der Waals surface area (Å²) in [6, 6.07) is 7.58. The Labute approximate surface area is 145 Å². The molecule has 0 amide bonds. The Balaban J connectivity index is 2.40. The molecule has 1 aromatic heterocycles. The van der Waals surface area contributed by atoms with Crippen LogP contribution in [0, 0.1) is 5.41 Å². The quantitative estimate of drug-likeness (QED) is 0.926. The Bertz CT molecular complexity index is 898. The van der Waals surface area contributed by atoms with Crippen LogP contribution in [-0.4, -0.2) is 16.9 Å². The molecule has 0 fully saturated rings. The van der Waals surface area contributed by atoms with Crippen LogP contribution in [0.15, 0.2) is 29.1 Å². The molecule has 0 unspecified atom stereocenters. The number of H-pyrrole nitrogens is 1. The highest BCUT2D eigenvalue weighted by molar-refractivity contribution is 7.07. The number of thiazole rings is 1. The van der Waals surface area contributed by atoms with Crippen LogP contribution in [0.3, 0.4) is 0 Å². The van der Waals surface area contributed by atoms with E-state index in [1.54, 1.807) is 6.08 Å². The number of carbonyl (C=O) groups is 1. The lowest BCUT2D eigenvalue weighted by molar-refractivity contribution is -0.119. The Morgan fingerprint density at radius 2 is 2.00 bits per heavy atom. The maximum absolute atomic E-state index is 12.1. The van der Waals surface area contributed by atoms with Gasteiger partial charge in [-0.15, -0.1) is 11.3 Å². The van der Waals surface area contributed by atoms with Crippen molar-refractivity contribution in [2.45, 2.75) is 40.7 Å². The number of aromatic nitrogens is 1.